The van der Waals surface area contributed by atoms with Gasteiger partial charge in [-0.25, -0.2) is 0 Å². The first-order chi connectivity index (χ1) is 6.27. The van der Waals surface area contributed by atoms with Crippen molar-refractivity contribution in [2.24, 2.45) is 5.92 Å². The first-order valence-electron chi connectivity index (χ1n) is 5.62. The lowest BCUT2D eigenvalue weighted by Crippen LogP contribution is -2.18. The van der Waals surface area contributed by atoms with E-state index in [1.807, 2.05) is 7.05 Å². The lowest BCUT2D eigenvalue weighted by molar-refractivity contribution is 0.519. The van der Waals surface area contributed by atoms with Crippen molar-refractivity contribution >= 4 is 0 Å². The van der Waals surface area contributed by atoms with E-state index in [1.165, 1.54) is 38.8 Å². The van der Waals surface area contributed by atoms with Crippen molar-refractivity contribution in [1.29, 1.82) is 0 Å². The number of unbranched alkanes of at least 4 members (excludes halogenated alkanes) is 1. The summed E-state index contributed by atoms with van der Waals surface area (Å²) in [5.74, 6) is 0.853. The molecule has 0 aliphatic rings. The van der Waals surface area contributed by atoms with Gasteiger partial charge in [0.25, 0.3) is 0 Å². The molecule has 0 bridgehead atoms. The van der Waals surface area contributed by atoms with Gasteiger partial charge in [-0.15, -0.1) is 0 Å². The van der Waals surface area contributed by atoms with Gasteiger partial charge in [0.15, 0.2) is 0 Å². The van der Waals surface area contributed by atoms with Gasteiger partial charge in [-0.05, 0) is 58.3 Å². The Balaban J connectivity index is 2.84. The normalized spacial score (nSPS) is 11.1. The lowest BCUT2D eigenvalue weighted by Gasteiger charge is -2.06. The van der Waals surface area contributed by atoms with Crippen molar-refractivity contribution in [1.82, 2.24) is 10.6 Å². The lowest BCUT2D eigenvalue weighted by atomic mass is 10.1. The summed E-state index contributed by atoms with van der Waals surface area (Å²) in [4.78, 5) is 0. The molecule has 2 N–H and O–H groups in total. The molecule has 2 nitrogen and oxygen atoms in total. The van der Waals surface area contributed by atoms with Crippen LogP contribution in [0.1, 0.15) is 39.5 Å². The van der Waals surface area contributed by atoms with Gasteiger partial charge in [0, 0.05) is 0 Å². The van der Waals surface area contributed by atoms with E-state index in [1.54, 1.807) is 0 Å². The summed E-state index contributed by atoms with van der Waals surface area (Å²) in [6.45, 7) is 8.09. The Morgan fingerprint density at radius 2 is 1.54 bits per heavy atom. The number of nitrogens with one attached hydrogen (secondary N) is 2. The average Bonchev–Trinajstić information content (AvgIpc) is 2.09. The highest BCUT2D eigenvalue weighted by Crippen LogP contribution is 2.01. The van der Waals surface area contributed by atoms with Crippen LogP contribution in [0.5, 0.6) is 0 Å². The maximum absolute atomic E-state index is 3.47. The van der Waals surface area contributed by atoms with Crippen LogP contribution in [0.3, 0.4) is 0 Å². The summed E-state index contributed by atoms with van der Waals surface area (Å²) in [6, 6.07) is 0. The van der Waals surface area contributed by atoms with Crippen molar-refractivity contribution in [3.8, 4) is 0 Å². The first-order valence-corrected chi connectivity index (χ1v) is 5.62. The predicted molar refractivity (Wildman–Crippen MR) is 60.1 cm³/mol. The third kappa shape index (κ3) is 11.9. The van der Waals surface area contributed by atoms with Crippen molar-refractivity contribution in [3.63, 3.8) is 0 Å². The Hall–Kier alpha value is -0.0800. The third-order valence-corrected chi connectivity index (χ3v) is 2.17. The van der Waals surface area contributed by atoms with Gasteiger partial charge < -0.3 is 10.6 Å². The van der Waals surface area contributed by atoms with Crippen LogP contribution in [0.15, 0.2) is 0 Å². The molecule has 0 aliphatic heterocycles. The molecular weight excluding hydrogens is 160 g/mol. The number of hydrogen-bond acceptors (Lipinski definition) is 2. The SMILES string of the molecule is CNCCCCNCCCC(C)C. The molecule has 0 saturated heterocycles. The summed E-state index contributed by atoms with van der Waals surface area (Å²) < 4.78 is 0. The second-order valence-electron chi connectivity index (χ2n) is 4.10. The largest absolute Gasteiger partial charge is 0.320 e. The van der Waals surface area contributed by atoms with E-state index in [0.29, 0.717) is 0 Å². The van der Waals surface area contributed by atoms with Crippen LogP contribution in [0.2, 0.25) is 0 Å². The van der Waals surface area contributed by atoms with Gasteiger partial charge in [-0.2, -0.15) is 0 Å². The molecule has 0 aliphatic carbocycles. The molecule has 0 spiro atoms. The fourth-order valence-electron chi connectivity index (χ4n) is 1.31. The fraction of sp³-hybridized carbons (Fsp3) is 1.00. The molecular formula is C11H26N2. The molecule has 2 heteroatoms. The fourth-order valence-corrected chi connectivity index (χ4v) is 1.31. The molecule has 0 aromatic carbocycles. The molecule has 0 fully saturated rings. The third-order valence-electron chi connectivity index (χ3n) is 2.17. The predicted octanol–water partition coefficient (Wildman–Crippen LogP) is 2.01. The molecule has 0 saturated carbocycles. The van der Waals surface area contributed by atoms with Gasteiger partial charge in [-0.3, -0.25) is 0 Å². The quantitative estimate of drug-likeness (QED) is 0.538. The minimum absolute atomic E-state index is 0.853. The Morgan fingerprint density at radius 3 is 2.15 bits per heavy atom. The maximum Gasteiger partial charge on any atom is -0.00484 e. The van der Waals surface area contributed by atoms with Crippen LogP contribution in [0.4, 0.5) is 0 Å². The zero-order valence-corrected chi connectivity index (χ0v) is 9.53. The highest BCUT2D eigenvalue weighted by Gasteiger charge is 1.93. The maximum atomic E-state index is 3.47. The molecule has 0 heterocycles. The summed E-state index contributed by atoms with van der Waals surface area (Å²) >= 11 is 0. The van der Waals surface area contributed by atoms with E-state index in [9.17, 15) is 0 Å². The number of rotatable bonds is 9. The van der Waals surface area contributed by atoms with Gasteiger partial charge in [0.1, 0.15) is 0 Å². The first kappa shape index (κ1) is 12.9. The summed E-state index contributed by atoms with van der Waals surface area (Å²) in [6.07, 6.45) is 5.25. The molecule has 0 unspecified atom stereocenters. The summed E-state index contributed by atoms with van der Waals surface area (Å²) in [5, 5.41) is 6.63. The molecule has 0 aromatic heterocycles. The van der Waals surface area contributed by atoms with E-state index < -0.39 is 0 Å². The van der Waals surface area contributed by atoms with Crippen LogP contribution in [0.25, 0.3) is 0 Å². The zero-order valence-electron chi connectivity index (χ0n) is 9.53. The number of hydrogen-bond donors (Lipinski definition) is 2. The Bertz CT molecular complexity index is 92.1. The molecule has 0 atom stereocenters. The minimum atomic E-state index is 0.853. The van der Waals surface area contributed by atoms with Gasteiger partial charge in [0.2, 0.25) is 0 Å². The van der Waals surface area contributed by atoms with Crippen LogP contribution in [0, 0.1) is 5.92 Å². The summed E-state index contributed by atoms with van der Waals surface area (Å²) in [5.41, 5.74) is 0. The van der Waals surface area contributed by atoms with Crippen LogP contribution >= 0.6 is 0 Å². The Kier molecular flexibility index (Phi) is 9.94. The van der Waals surface area contributed by atoms with Crippen LogP contribution in [-0.2, 0) is 0 Å². The van der Waals surface area contributed by atoms with Gasteiger partial charge in [-0.1, -0.05) is 13.8 Å². The smallest absolute Gasteiger partial charge is 0.00484 e. The molecule has 13 heavy (non-hydrogen) atoms. The van der Waals surface area contributed by atoms with Crippen molar-refractivity contribution in [2.75, 3.05) is 26.7 Å². The van der Waals surface area contributed by atoms with E-state index in [2.05, 4.69) is 24.5 Å². The highest BCUT2D eigenvalue weighted by atomic mass is 14.8. The van der Waals surface area contributed by atoms with E-state index in [0.717, 1.165) is 12.5 Å². The molecule has 0 radical (unpaired) electrons. The highest BCUT2D eigenvalue weighted by molar-refractivity contribution is 4.52. The van der Waals surface area contributed by atoms with E-state index in [4.69, 9.17) is 0 Å². The minimum Gasteiger partial charge on any atom is -0.320 e. The average molecular weight is 186 g/mol. The Morgan fingerprint density at radius 1 is 0.923 bits per heavy atom. The van der Waals surface area contributed by atoms with Crippen molar-refractivity contribution < 1.29 is 0 Å². The monoisotopic (exact) mass is 186 g/mol. The standard InChI is InChI=1S/C11H26N2/c1-11(2)7-6-10-13-9-5-4-8-12-3/h11-13H,4-10H2,1-3H3. The van der Waals surface area contributed by atoms with Gasteiger partial charge >= 0.3 is 0 Å². The van der Waals surface area contributed by atoms with Crippen molar-refractivity contribution in [3.05, 3.63) is 0 Å². The van der Waals surface area contributed by atoms with Gasteiger partial charge in [0.05, 0.1) is 0 Å². The molecule has 0 rings (SSSR count). The molecule has 0 amide bonds. The van der Waals surface area contributed by atoms with Crippen LogP contribution in [-0.4, -0.2) is 26.7 Å². The molecule has 80 valence electrons. The van der Waals surface area contributed by atoms with E-state index in [-0.39, 0.29) is 0 Å². The Labute approximate surface area is 83.5 Å². The zero-order chi connectivity index (χ0) is 9.94. The second kappa shape index (κ2) is 10.0. The summed E-state index contributed by atoms with van der Waals surface area (Å²) in [7, 11) is 2.01. The van der Waals surface area contributed by atoms with Crippen molar-refractivity contribution in [2.45, 2.75) is 39.5 Å². The van der Waals surface area contributed by atoms with E-state index >= 15 is 0 Å². The van der Waals surface area contributed by atoms with Crippen LogP contribution < -0.4 is 10.6 Å². The molecule has 0 aromatic rings. The topological polar surface area (TPSA) is 24.1 Å². The second-order valence-corrected chi connectivity index (χ2v) is 4.10.